The van der Waals surface area contributed by atoms with Crippen molar-refractivity contribution in [3.05, 3.63) is 0 Å². The van der Waals surface area contributed by atoms with Crippen LogP contribution in [-0.4, -0.2) is 36.1 Å². The van der Waals surface area contributed by atoms with E-state index in [1.165, 1.54) is 45.3 Å². The van der Waals surface area contributed by atoms with E-state index in [2.05, 4.69) is 37.9 Å². The molecular weight excluding hydrogens is 184 g/mol. The van der Waals surface area contributed by atoms with E-state index in [1.807, 2.05) is 0 Å². The Morgan fingerprint density at radius 2 is 2.07 bits per heavy atom. The van der Waals surface area contributed by atoms with Crippen molar-refractivity contribution in [3.8, 4) is 0 Å². The summed E-state index contributed by atoms with van der Waals surface area (Å²) in [5, 5.41) is 3.72. The molecule has 1 atom stereocenters. The largest absolute Gasteiger partial charge is 0.310 e. The zero-order valence-electron chi connectivity index (χ0n) is 11.0. The van der Waals surface area contributed by atoms with E-state index in [-0.39, 0.29) is 0 Å². The molecule has 0 aromatic carbocycles. The highest BCUT2D eigenvalue weighted by Crippen LogP contribution is 2.24. The lowest BCUT2D eigenvalue weighted by Crippen LogP contribution is -2.51. The fraction of sp³-hybridized carbons (Fsp3) is 1.00. The molecule has 1 saturated heterocycles. The van der Waals surface area contributed by atoms with Crippen molar-refractivity contribution in [3.63, 3.8) is 0 Å². The number of hydrogen-bond donors (Lipinski definition) is 1. The topological polar surface area (TPSA) is 15.3 Å². The lowest BCUT2D eigenvalue weighted by Gasteiger charge is -2.37. The van der Waals surface area contributed by atoms with Crippen molar-refractivity contribution in [2.24, 2.45) is 0 Å². The molecule has 0 saturated carbocycles. The number of nitrogens with one attached hydrogen (secondary N) is 1. The summed E-state index contributed by atoms with van der Waals surface area (Å²) >= 11 is 0. The number of rotatable bonds is 6. The van der Waals surface area contributed by atoms with Gasteiger partial charge in [0.05, 0.1) is 0 Å². The van der Waals surface area contributed by atoms with Crippen molar-refractivity contribution >= 4 is 0 Å². The Hall–Kier alpha value is -0.0800. The summed E-state index contributed by atoms with van der Waals surface area (Å²) < 4.78 is 0. The van der Waals surface area contributed by atoms with Crippen LogP contribution in [0.2, 0.25) is 0 Å². The first kappa shape index (κ1) is 13.0. The molecule has 90 valence electrons. The minimum absolute atomic E-state index is 0.416. The molecule has 0 spiro atoms. The molecule has 2 heteroatoms. The first-order chi connectivity index (χ1) is 7.13. The van der Waals surface area contributed by atoms with E-state index in [1.54, 1.807) is 0 Å². The predicted molar refractivity (Wildman–Crippen MR) is 67.3 cm³/mol. The monoisotopic (exact) mass is 212 g/mol. The van der Waals surface area contributed by atoms with Gasteiger partial charge in [-0.15, -0.1) is 0 Å². The molecule has 1 N–H and O–H groups in total. The van der Waals surface area contributed by atoms with E-state index in [0.29, 0.717) is 11.6 Å². The van der Waals surface area contributed by atoms with E-state index in [0.717, 1.165) is 0 Å². The maximum atomic E-state index is 3.72. The second-order valence-corrected chi connectivity index (χ2v) is 5.23. The van der Waals surface area contributed by atoms with Gasteiger partial charge in [0.2, 0.25) is 0 Å². The summed E-state index contributed by atoms with van der Waals surface area (Å²) in [6.07, 6.45) is 5.24. The van der Waals surface area contributed by atoms with Crippen LogP contribution in [0.5, 0.6) is 0 Å². The van der Waals surface area contributed by atoms with E-state index >= 15 is 0 Å². The van der Waals surface area contributed by atoms with Crippen molar-refractivity contribution in [1.82, 2.24) is 10.2 Å². The quantitative estimate of drug-likeness (QED) is 0.728. The van der Waals surface area contributed by atoms with Gasteiger partial charge in [-0.25, -0.2) is 0 Å². The Morgan fingerprint density at radius 3 is 2.47 bits per heavy atom. The van der Waals surface area contributed by atoms with Gasteiger partial charge in [-0.3, -0.25) is 4.90 Å². The summed E-state index contributed by atoms with van der Waals surface area (Å²) in [5.74, 6) is 0. The Bertz CT molecular complexity index is 171. The normalized spacial score (nSPS) is 26.8. The van der Waals surface area contributed by atoms with Crippen LogP contribution in [0.15, 0.2) is 0 Å². The van der Waals surface area contributed by atoms with Crippen molar-refractivity contribution < 1.29 is 0 Å². The molecule has 1 aliphatic rings. The third-order valence-electron chi connectivity index (χ3n) is 3.76. The Balaban J connectivity index is 2.54. The maximum absolute atomic E-state index is 3.72. The minimum Gasteiger partial charge on any atom is -0.310 e. The van der Waals surface area contributed by atoms with Crippen LogP contribution in [0, 0.1) is 0 Å². The van der Waals surface area contributed by atoms with Gasteiger partial charge in [-0.2, -0.15) is 0 Å². The molecule has 1 fully saturated rings. The summed E-state index contributed by atoms with van der Waals surface area (Å²) in [6.45, 7) is 12.9. The summed E-state index contributed by atoms with van der Waals surface area (Å²) in [4.78, 5) is 2.63. The summed E-state index contributed by atoms with van der Waals surface area (Å²) in [5.41, 5.74) is 0.416. The lowest BCUT2D eigenvalue weighted by atomic mass is 9.93. The average Bonchev–Trinajstić information content (AvgIpc) is 2.66. The molecule has 0 aromatic heterocycles. The lowest BCUT2D eigenvalue weighted by molar-refractivity contribution is 0.154. The van der Waals surface area contributed by atoms with Crippen molar-refractivity contribution in [1.29, 1.82) is 0 Å². The van der Waals surface area contributed by atoms with Crippen molar-refractivity contribution in [2.75, 3.05) is 19.6 Å². The number of hydrogen-bond acceptors (Lipinski definition) is 2. The molecule has 1 rings (SSSR count). The highest BCUT2D eigenvalue weighted by atomic mass is 15.2. The van der Waals surface area contributed by atoms with E-state index < -0.39 is 0 Å². The van der Waals surface area contributed by atoms with Crippen LogP contribution in [-0.2, 0) is 0 Å². The smallest absolute Gasteiger partial charge is 0.0306 e. The molecule has 0 radical (unpaired) electrons. The Morgan fingerprint density at radius 1 is 1.33 bits per heavy atom. The molecule has 0 bridgehead atoms. The molecule has 1 unspecified atom stereocenters. The molecule has 0 aliphatic carbocycles. The molecule has 1 aliphatic heterocycles. The molecule has 0 aromatic rings. The number of nitrogens with zero attached hydrogens (tertiary/aromatic N) is 1. The van der Waals surface area contributed by atoms with Gasteiger partial charge >= 0.3 is 0 Å². The fourth-order valence-corrected chi connectivity index (χ4v) is 2.61. The fourth-order valence-electron chi connectivity index (χ4n) is 2.61. The minimum atomic E-state index is 0.416. The first-order valence-electron chi connectivity index (χ1n) is 6.62. The van der Waals surface area contributed by atoms with Crippen LogP contribution in [0.4, 0.5) is 0 Å². The van der Waals surface area contributed by atoms with Crippen LogP contribution in [0.25, 0.3) is 0 Å². The maximum Gasteiger partial charge on any atom is 0.0306 e. The van der Waals surface area contributed by atoms with Gasteiger partial charge in [-0.1, -0.05) is 13.8 Å². The van der Waals surface area contributed by atoms with E-state index in [4.69, 9.17) is 0 Å². The first-order valence-corrected chi connectivity index (χ1v) is 6.62. The van der Waals surface area contributed by atoms with Gasteiger partial charge in [0.25, 0.3) is 0 Å². The van der Waals surface area contributed by atoms with Crippen LogP contribution in [0.1, 0.15) is 53.4 Å². The summed E-state index contributed by atoms with van der Waals surface area (Å²) in [7, 11) is 0. The highest BCUT2D eigenvalue weighted by molar-refractivity contribution is 4.94. The van der Waals surface area contributed by atoms with Gasteiger partial charge in [-0.05, 0) is 52.6 Å². The molecule has 15 heavy (non-hydrogen) atoms. The van der Waals surface area contributed by atoms with Gasteiger partial charge in [0.15, 0.2) is 0 Å². The Kier molecular flexibility index (Phi) is 5.07. The zero-order chi connectivity index (χ0) is 11.3. The third kappa shape index (κ3) is 3.46. The molecule has 0 amide bonds. The molecule has 1 heterocycles. The van der Waals surface area contributed by atoms with Gasteiger partial charge < -0.3 is 5.32 Å². The van der Waals surface area contributed by atoms with Gasteiger partial charge in [0.1, 0.15) is 0 Å². The van der Waals surface area contributed by atoms with Gasteiger partial charge in [0, 0.05) is 18.1 Å². The van der Waals surface area contributed by atoms with E-state index in [9.17, 15) is 0 Å². The predicted octanol–water partition coefficient (Wildman–Crippen LogP) is 2.64. The van der Waals surface area contributed by atoms with Crippen molar-refractivity contribution in [2.45, 2.75) is 65.0 Å². The average molecular weight is 212 g/mol. The third-order valence-corrected chi connectivity index (χ3v) is 3.76. The highest BCUT2D eigenvalue weighted by Gasteiger charge is 2.33. The second-order valence-electron chi connectivity index (χ2n) is 5.23. The standard InChI is InChI=1S/C13H28N2/c1-5-10-15(12(3)4)11-13(6-2)8-7-9-14-13/h12,14H,5-11H2,1-4H3. The van der Waals surface area contributed by atoms with Crippen LogP contribution in [0.3, 0.4) is 0 Å². The SMILES string of the molecule is CCCN(CC1(CC)CCCN1)C(C)C. The van der Waals surface area contributed by atoms with Crippen LogP contribution < -0.4 is 5.32 Å². The molecular formula is C13H28N2. The summed E-state index contributed by atoms with van der Waals surface area (Å²) in [6, 6.07) is 0.677. The Labute approximate surface area is 95.4 Å². The molecule has 2 nitrogen and oxygen atoms in total. The van der Waals surface area contributed by atoms with Crippen LogP contribution >= 0.6 is 0 Å². The second kappa shape index (κ2) is 5.86. The zero-order valence-corrected chi connectivity index (χ0v) is 11.0.